The van der Waals surface area contributed by atoms with E-state index < -0.39 is 22.6 Å². The Balaban J connectivity index is 1.62. The Hall–Kier alpha value is -2.06. The number of aliphatic hydroxyl groups is 1. The third kappa shape index (κ3) is 4.35. The van der Waals surface area contributed by atoms with Gasteiger partial charge in [-0.15, -0.1) is 11.8 Å². The standard InChI is InChI=1S/C26H37N3O4S/c1-3-4-15-27-23(32)21-26-14-13-25(2,34-26)19(22(31)28-18-11-7-5-8-12-18)20(26)24(33)29(21)16-9-6-10-17-30/h5,7-8,11-12,19-21,30H,3-4,6,9-10,13-17H2,1-2H3,(H,27,32)(H,28,31)/t19-,20-,21?,25+,26?/m0/s1. The summed E-state index contributed by atoms with van der Waals surface area (Å²) in [5.41, 5.74) is 0.720. The minimum Gasteiger partial charge on any atom is -0.396 e. The zero-order valence-electron chi connectivity index (χ0n) is 20.2. The number of benzene rings is 1. The summed E-state index contributed by atoms with van der Waals surface area (Å²) in [5, 5.41) is 15.3. The summed E-state index contributed by atoms with van der Waals surface area (Å²) in [6.07, 6.45) is 5.66. The van der Waals surface area contributed by atoms with Crippen LogP contribution in [0, 0.1) is 11.8 Å². The Labute approximate surface area is 206 Å². The lowest BCUT2D eigenvalue weighted by atomic mass is 9.66. The van der Waals surface area contributed by atoms with E-state index in [4.69, 9.17) is 5.11 Å². The lowest BCUT2D eigenvalue weighted by molar-refractivity contribution is -0.139. The second-order valence-electron chi connectivity index (χ2n) is 10.0. The highest BCUT2D eigenvalue weighted by Gasteiger charge is 2.76. The number of fused-ring (bicyclic) bond motifs is 1. The molecule has 3 amide bonds. The first kappa shape index (κ1) is 25.0. The molecule has 4 rings (SSSR count). The van der Waals surface area contributed by atoms with Crippen LogP contribution in [0.2, 0.25) is 0 Å². The summed E-state index contributed by atoms with van der Waals surface area (Å²) < 4.78 is -0.943. The van der Waals surface area contributed by atoms with Gasteiger partial charge >= 0.3 is 0 Å². The van der Waals surface area contributed by atoms with Gasteiger partial charge in [0.25, 0.3) is 0 Å². The van der Waals surface area contributed by atoms with Crippen molar-refractivity contribution in [2.75, 3.05) is 25.0 Å². The molecular weight excluding hydrogens is 450 g/mol. The van der Waals surface area contributed by atoms with Crippen LogP contribution in [-0.2, 0) is 14.4 Å². The zero-order valence-corrected chi connectivity index (χ0v) is 21.0. The summed E-state index contributed by atoms with van der Waals surface area (Å²) in [4.78, 5) is 42.7. The van der Waals surface area contributed by atoms with Crippen LogP contribution in [0.1, 0.15) is 58.8 Å². The quantitative estimate of drug-likeness (QED) is 0.417. The molecular formula is C26H37N3O4S. The molecule has 7 nitrogen and oxygen atoms in total. The van der Waals surface area contributed by atoms with Gasteiger partial charge in [0.15, 0.2) is 0 Å². The zero-order chi connectivity index (χ0) is 24.3. The predicted octanol–water partition coefficient (Wildman–Crippen LogP) is 3.19. The SMILES string of the molecule is CCCCNC(=O)C1N(CCCCCO)C(=O)[C@@H]2[C@@H](C(=O)Nc3ccccc3)[C@@]3(C)CCC12S3. The number of unbranched alkanes of at least 4 members (excludes halogenated alkanes) is 3. The number of anilines is 1. The molecule has 2 unspecified atom stereocenters. The molecule has 1 aromatic rings. The summed E-state index contributed by atoms with van der Waals surface area (Å²) >= 11 is 1.70. The van der Waals surface area contributed by atoms with Crippen LogP contribution in [0.3, 0.4) is 0 Å². The molecule has 3 saturated heterocycles. The van der Waals surface area contributed by atoms with E-state index in [0.717, 1.165) is 44.2 Å². The van der Waals surface area contributed by atoms with E-state index in [1.54, 1.807) is 16.7 Å². The van der Waals surface area contributed by atoms with Crippen LogP contribution in [0.4, 0.5) is 5.69 Å². The minimum atomic E-state index is -0.572. The van der Waals surface area contributed by atoms with Gasteiger partial charge < -0.3 is 20.6 Å². The highest BCUT2D eigenvalue weighted by atomic mass is 32.2. The third-order valence-electron chi connectivity index (χ3n) is 7.74. The van der Waals surface area contributed by atoms with E-state index >= 15 is 0 Å². The molecule has 3 N–H and O–H groups in total. The molecule has 1 spiro atoms. The van der Waals surface area contributed by atoms with Gasteiger partial charge in [-0.05, 0) is 57.6 Å². The van der Waals surface area contributed by atoms with Crippen molar-refractivity contribution >= 4 is 35.2 Å². The molecule has 0 saturated carbocycles. The average Bonchev–Trinajstić information content (AvgIpc) is 3.38. The predicted molar refractivity (Wildman–Crippen MR) is 134 cm³/mol. The number of thioether (sulfide) groups is 1. The summed E-state index contributed by atoms with van der Waals surface area (Å²) in [6, 6.07) is 8.79. The van der Waals surface area contributed by atoms with Crippen LogP contribution >= 0.6 is 11.8 Å². The van der Waals surface area contributed by atoms with Gasteiger partial charge in [0.2, 0.25) is 17.7 Å². The second kappa shape index (κ2) is 10.3. The fraction of sp³-hybridized carbons (Fsp3) is 0.654. The molecule has 3 aliphatic rings. The number of nitrogens with one attached hydrogen (secondary N) is 2. The van der Waals surface area contributed by atoms with Crippen molar-refractivity contribution in [2.24, 2.45) is 11.8 Å². The number of hydrogen-bond acceptors (Lipinski definition) is 5. The van der Waals surface area contributed by atoms with E-state index in [0.29, 0.717) is 19.5 Å². The smallest absolute Gasteiger partial charge is 0.244 e. The van der Waals surface area contributed by atoms with Gasteiger partial charge in [-0.2, -0.15) is 0 Å². The first-order valence-corrected chi connectivity index (χ1v) is 13.4. The molecule has 0 radical (unpaired) electrons. The van der Waals surface area contributed by atoms with Crippen molar-refractivity contribution in [1.29, 1.82) is 0 Å². The highest BCUT2D eigenvalue weighted by molar-refractivity contribution is 8.02. The van der Waals surface area contributed by atoms with Crippen molar-refractivity contribution < 1.29 is 19.5 Å². The largest absolute Gasteiger partial charge is 0.396 e. The van der Waals surface area contributed by atoms with E-state index in [9.17, 15) is 14.4 Å². The number of likely N-dealkylation sites (tertiary alicyclic amines) is 1. The van der Waals surface area contributed by atoms with Crippen molar-refractivity contribution in [1.82, 2.24) is 10.2 Å². The van der Waals surface area contributed by atoms with Gasteiger partial charge in [-0.3, -0.25) is 14.4 Å². The fourth-order valence-electron chi connectivity index (χ4n) is 6.16. The molecule has 186 valence electrons. The Bertz CT molecular complexity index is 913. The molecule has 5 atom stereocenters. The molecule has 34 heavy (non-hydrogen) atoms. The van der Waals surface area contributed by atoms with Crippen LogP contribution in [0.25, 0.3) is 0 Å². The molecule has 8 heteroatoms. The number of carbonyl (C=O) groups excluding carboxylic acids is 3. The number of aliphatic hydroxyl groups excluding tert-OH is 1. The van der Waals surface area contributed by atoms with E-state index in [2.05, 4.69) is 24.5 Å². The number of carbonyl (C=O) groups is 3. The number of rotatable bonds is 11. The van der Waals surface area contributed by atoms with Gasteiger partial charge in [-0.25, -0.2) is 0 Å². The Morgan fingerprint density at radius 1 is 1.12 bits per heavy atom. The summed E-state index contributed by atoms with van der Waals surface area (Å²) in [7, 11) is 0. The molecule has 0 aliphatic carbocycles. The van der Waals surface area contributed by atoms with Gasteiger partial charge in [0.05, 0.1) is 16.6 Å². The third-order valence-corrected chi connectivity index (χ3v) is 9.72. The highest BCUT2D eigenvalue weighted by Crippen LogP contribution is 2.71. The number of nitrogens with zero attached hydrogens (tertiary/aromatic N) is 1. The number of para-hydroxylation sites is 1. The van der Waals surface area contributed by atoms with E-state index in [1.807, 2.05) is 30.3 Å². The molecule has 3 aliphatic heterocycles. The van der Waals surface area contributed by atoms with Crippen molar-refractivity contribution in [2.45, 2.75) is 74.3 Å². The molecule has 3 heterocycles. The minimum absolute atomic E-state index is 0.0659. The number of amides is 3. The molecule has 2 bridgehead atoms. The van der Waals surface area contributed by atoms with Gasteiger partial charge in [-0.1, -0.05) is 31.5 Å². The second-order valence-corrected chi connectivity index (χ2v) is 11.9. The molecule has 0 aromatic heterocycles. The first-order chi connectivity index (χ1) is 16.4. The van der Waals surface area contributed by atoms with Crippen LogP contribution in [0.5, 0.6) is 0 Å². The van der Waals surface area contributed by atoms with E-state index in [-0.39, 0.29) is 29.1 Å². The lowest BCUT2D eigenvalue weighted by Crippen LogP contribution is -2.53. The Kier molecular flexibility index (Phi) is 7.57. The molecule has 1 aromatic carbocycles. The summed E-state index contributed by atoms with van der Waals surface area (Å²) in [6.45, 7) is 5.37. The maximum Gasteiger partial charge on any atom is 0.244 e. The van der Waals surface area contributed by atoms with Gasteiger partial charge in [0, 0.05) is 30.1 Å². The Morgan fingerprint density at radius 2 is 1.88 bits per heavy atom. The van der Waals surface area contributed by atoms with Gasteiger partial charge in [0.1, 0.15) is 6.04 Å². The maximum absolute atomic E-state index is 13.9. The van der Waals surface area contributed by atoms with Crippen molar-refractivity contribution in [3.63, 3.8) is 0 Å². The van der Waals surface area contributed by atoms with Crippen LogP contribution in [0.15, 0.2) is 30.3 Å². The van der Waals surface area contributed by atoms with Crippen molar-refractivity contribution in [3.8, 4) is 0 Å². The lowest BCUT2D eigenvalue weighted by Gasteiger charge is -2.34. The monoisotopic (exact) mass is 487 g/mol. The van der Waals surface area contributed by atoms with Crippen LogP contribution in [-0.4, -0.2) is 63.0 Å². The fourth-order valence-corrected chi connectivity index (χ4v) is 8.52. The number of hydrogen-bond donors (Lipinski definition) is 3. The normalized spacial score (nSPS) is 31.6. The topological polar surface area (TPSA) is 98.7 Å². The maximum atomic E-state index is 13.9. The summed E-state index contributed by atoms with van der Waals surface area (Å²) in [5.74, 6) is -1.27. The van der Waals surface area contributed by atoms with Crippen LogP contribution < -0.4 is 10.6 Å². The Morgan fingerprint density at radius 3 is 2.59 bits per heavy atom. The average molecular weight is 488 g/mol. The first-order valence-electron chi connectivity index (χ1n) is 12.6. The van der Waals surface area contributed by atoms with E-state index in [1.165, 1.54) is 0 Å². The molecule has 3 fully saturated rings. The van der Waals surface area contributed by atoms with Crippen molar-refractivity contribution in [3.05, 3.63) is 30.3 Å².